The van der Waals surface area contributed by atoms with Gasteiger partial charge in [-0.15, -0.1) is 0 Å². The van der Waals surface area contributed by atoms with Gasteiger partial charge in [-0.25, -0.2) is 0 Å². The van der Waals surface area contributed by atoms with Gasteiger partial charge in [0.25, 0.3) is 0 Å². The topological polar surface area (TPSA) is 83.8 Å². The number of benzene rings is 1. The van der Waals surface area contributed by atoms with Gasteiger partial charge >= 0.3 is 5.97 Å². The number of carbonyl (C=O) groups excluding carboxylic acids is 1. The maximum absolute atomic E-state index is 12.1. The smallest absolute Gasteiger partial charge is 0.303 e. The lowest BCUT2D eigenvalue weighted by molar-refractivity contribution is -0.137. The van der Waals surface area contributed by atoms with Crippen LogP contribution in [0.15, 0.2) is 48.6 Å². The fraction of sp³-hybridized carbons (Fsp3) is 0.455. The van der Waals surface area contributed by atoms with Gasteiger partial charge in [0.1, 0.15) is 12.4 Å². The number of carboxylic acids is 1. The van der Waals surface area contributed by atoms with Crippen LogP contribution in [0.4, 0.5) is 0 Å². The minimum absolute atomic E-state index is 0.0416. The summed E-state index contributed by atoms with van der Waals surface area (Å²) in [5.41, 5.74) is 0. The Morgan fingerprint density at radius 2 is 2.14 bits per heavy atom. The average molecular weight is 439 g/mol. The summed E-state index contributed by atoms with van der Waals surface area (Å²) in [6, 6.07) is 7.03. The van der Waals surface area contributed by atoms with Crippen LogP contribution in [-0.4, -0.2) is 45.7 Å². The van der Waals surface area contributed by atoms with Crippen molar-refractivity contribution in [2.75, 3.05) is 12.4 Å². The molecule has 0 amide bonds. The average Bonchev–Trinajstić information content (AvgIpc) is 3.03. The summed E-state index contributed by atoms with van der Waals surface area (Å²) >= 11 is 7.47. The molecule has 158 valence electrons. The van der Waals surface area contributed by atoms with E-state index >= 15 is 0 Å². The molecule has 0 heterocycles. The van der Waals surface area contributed by atoms with Gasteiger partial charge in [-0.05, 0) is 50.0 Å². The van der Waals surface area contributed by atoms with E-state index in [0.29, 0.717) is 29.4 Å². The second-order valence-electron chi connectivity index (χ2n) is 6.93. The van der Waals surface area contributed by atoms with E-state index in [4.69, 9.17) is 21.4 Å². The van der Waals surface area contributed by atoms with Crippen molar-refractivity contribution < 1.29 is 24.5 Å². The van der Waals surface area contributed by atoms with Crippen molar-refractivity contribution in [3.8, 4) is 5.75 Å². The van der Waals surface area contributed by atoms with E-state index < -0.39 is 12.1 Å². The van der Waals surface area contributed by atoms with Crippen LogP contribution in [0.5, 0.6) is 5.75 Å². The predicted molar refractivity (Wildman–Crippen MR) is 117 cm³/mol. The van der Waals surface area contributed by atoms with Gasteiger partial charge in [0.15, 0.2) is 5.78 Å². The van der Waals surface area contributed by atoms with Crippen molar-refractivity contribution in [3.05, 3.63) is 53.6 Å². The molecular weight excluding hydrogens is 412 g/mol. The van der Waals surface area contributed by atoms with Crippen LogP contribution in [0.25, 0.3) is 0 Å². The number of thioether (sulfide) groups is 1. The Morgan fingerprint density at radius 3 is 2.90 bits per heavy atom. The highest BCUT2D eigenvalue weighted by Crippen LogP contribution is 2.31. The third-order valence-electron chi connectivity index (χ3n) is 4.50. The van der Waals surface area contributed by atoms with E-state index in [1.165, 1.54) is 0 Å². The number of unbranched alkanes of at least 4 members (excludes halogenated alkanes) is 2. The highest BCUT2D eigenvalue weighted by molar-refractivity contribution is 8.00. The quantitative estimate of drug-likeness (QED) is 0.348. The minimum atomic E-state index is -0.767. The number of carbonyl (C=O) groups is 2. The van der Waals surface area contributed by atoms with E-state index in [1.807, 2.05) is 18.2 Å². The molecule has 0 bridgehead atoms. The van der Waals surface area contributed by atoms with E-state index in [1.54, 1.807) is 42.1 Å². The molecule has 1 aromatic rings. The number of aliphatic carboxylic acids is 1. The van der Waals surface area contributed by atoms with Crippen molar-refractivity contribution in [1.82, 2.24) is 0 Å². The molecule has 0 saturated heterocycles. The molecule has 3 unspecified atom stereocenters. The summed E-state index contributed by atoms with van der Waals surface area (Å²) in [6.45, 7) is 0.165. The van der Waals surface area contributed by atoms with E-state index in [0.717, 1.165) is 12.8 Å². The number of ketones is 1. The summed E-state index contributed by atoms with van der Waals surface area (Å²) in [5.74, 6) is 0.317. The first-order valence-electron chi connectivity index (χ1n) is 9.72. The third-order valence-corrected chi connectivity index (χ3v) is 6.18. The van der Waals surface area contributed by atoms with E-state index in [-0.39, 0.29) is 30.0 Å². The Hall–Kier alpha value is -1.76. The molecule has 0 fully saturated rings. The van der Waals surface area contributed by atoms with Crippen LogP contribution in [-0.2, 0) is 9.59 Å². The van der Waals surface area contributed by atoms with Crippen LogP contribution in [0, 0.1) is 5.92 Å². The number of rotatable bonds is 13. The number of carboxylic acid groups (broad SMARTS) is 1. The molecule has 2 rings (SSSR count). The summed E-state index contributed by atoms with van der Waals surface area (Å²) in [6.07, 6.45) is 10.1. The Balaban J connectivity index is 1.68. The zero-order valence-electron chi connectivity index (χ0n) is 16.2. The zero-order chi connectivity index (χ0) is 21.1. The first-order valence-corrected chi connectivity index (χ1v) is 11.1. The Labute approximate surface area is 180 Å². The second-order valence-corrected chi connectivity index (χ2v) is 8.58. The molecule has 0 aliphatic heterocycles. The number of halogens is 1. The van der Waals surface area contributed by atoms with Crippen molar-refractivity contribution in [3.63, 3.8) is 0 Å². The molecule has 29 heavy (non-hydrogen) atoms. The van der Waals surface area contributed by atoms with Crippen LogP contribution in [0.3, 0.4) is 0 Å². The van der Waals surface area contributed by atoms with Gasteiger partial charge in [-0.3, -0.25) is 9.59 Å². The first-order chi connectivity index (χ1) is 14.0. The summed E-state index contributed by atoms with van der Waals surface area (Å²) < 4.78 is 5.56. The number of hydrogen-bond donors (Lipinski definition) is 2. The molecule has 3 atom stereocenters. The monoisotopic (exact) mass is 438 g/mol. The summed E-state index contributed by atoms with van der Waals surface area (Å²) in [7, 11) is 0. The number of aliphatic hydroxyl groups excluding tert-OH is 1. The summed E-state index contributed by atoms with van der Waals surface area (Å²) in [4.78, 5) is 22.6. The SMILES string of the molecule is O=C(O)CCCCC=CCC1C(=O)C=CC1SCC(O)COc1cccc(Cl)c1. The van der Waals surface area contributed by atoms with Gasteiger partial charge in [0, 0.05) is 28.4 Å². The molecule has 0 radical (unpaired) electrons. The Morgan fingerprint density at radius 1 is 1.31 bits per heavy atom. The molecule has 2 N–H and O–H groups in total. The normalized spacial score (nSPS) is 19.7. The van der Waals surface area contributed by atoms with E-state index in [9.17, 15) is 14.7 Å². The lowest BCUT2D eigenvalue weighted by Crippen LogP contribution is -2.24. The lowest BCUT2D eigenvalue weighted by Gasteiger charge is -2.18. The minimum Gasteiger partial charge on any atom is -0.491 e. The van der Waals surface area contributed by atoms with Gasteiger partial charge in [0.05, 0.1) is 6.10 Å². The molecule has 0 saturated carbocycles. The fourth-order valence-corrected chi connectivity index (χ4v) is 4.34. The van der Waals surface area contributed by atoms with Gasteiger partial charge in [-0.1, -0.05) is 35.9 Å². The van der Waals surface area contributed by atoms with Crippen molar-refractivity contribution in [2.24, 2.45) is 5.92 Å². The van der Waals surface area contributed by atoms with Crippen LogP contribution < -0.4 is 4.74 Å². The number of aliphatic hydroxyl groups is 1. The zero-order valence-corrected chi connectivity index (χ0v) is 17.8. The Bertz CT molecular complexity index is 734. The predicted octanol–water partition coefficient (Wildman–Crippen LogP) is 4.53. The molecule has 5 nitrogen and oxygen atoms in total. The number of allylic oxidation sites excluding steroid dienone is 3. The third kappa shape index (κ3) is 9.07. The Kier molecular flexibility index (Phi) is 10.3. The molecular formula is C22H27ClO5S. The van der Waals surface area contributed by atoms with Crippen molar-refractivity contribution in [1.29, 1.82) is 0 Å². The number of hydrogen-bond acceptors (Lipinski definition) is 5. The lowest BCUT2D eigenvalue weighted by atomic mass is 10.0. The van der Waals surface area contributed by atoms with E-state index in [2.05, 4.69) is 0 Å². The molecule has 0 spiro atoms. The molecule has 1 aliphatic carbocycles. The van der Waals surface area contributed by atoms with Crippen LogP contribution >= 0.6 is 23.4 Å². The highest BCUT2D eigenvalue weighted by Gasteiger charge is 2.29. The standard InChI is InChI=1S/C22H27ClO5S/c23-16-7-6-8-18(13-16)28-14-17(24)15-29-21-12-11-20(25)19(21)9-4-2-1-3-5-10-22(26)27/h2,4,6-8,11-13,17,19,21,24H,1,3,5,9-10,14-15H2,(H,26,27). The second kappa shape index (κ2) is 12.7. The number of ether oxygens (including phenoxy) is 1. The maximum atomic E-state index is 12.1. The highest BCUT2D eigenvalue weighted by atomic mass is 35.5. The molecule has 7 heteroatoms. The molecule has 1 aliphatic rings. The van der Waals surface area contributed by atoms with Gasteiger partial charge < -0.3 is 14.9 Å². The maximum Gasteiger partial charge on any atom is 0.303 e. The van der Waals surface area contributed by atoms with Gasteiger partial charge in [-0.2, -0.15) is 11.8 Å². The molecule has 0 aromatic heterocycles. The molecule has 1 aromatic carbocycles. The van der Waals surface area contributed by atoms with Crippen molar-refractivity contribution >= 4 is 35.1 Å². The largest absolute Gasteiger partial charge is 0.491 e. The van der Waals surface area contributed by atoms with Crippen LogP contribution in [0.2, 0.25) is 5.02 Å². The first kappa shape index (κ1) is 23.5. The van der Waals surface area contributed by atoms with Gasteiger partial charge in [0.2, 0.25) is 0 Å². The summed E-state index contributed by atoms with van der Waals surface area (Å²) in [5, 5.41) is 19.4. The van der Waals surface area contributed by atoms with Crippen molar-refractivity contribution in [2.45, 2.75) is 43.5 Å². The van der Waals surface area contributed by atoms with Crippen LogP contribution in [0.1, 0.15) is 32.1 Å². The fourth-order valence-electron chi connectivity index (χ4n) is 2.95.